The quantitative estimate of drug-likeness (QED) is 0.0262. The van der Waals surface area contributed by atoms with Gasteiger partial charge < -0.3 is 14.2 Å². The van der Waals surface area contributed by atoms with Gasteiger partial charge in [-0.3, -0.25) is 14.4 Å². The summed E-state index contributed by atoms with van der Waals surface area (Å²) in [6, 6.07) is 0. The van der Waals surface area contributed by atoms with E-state index in [0.717, 1.165) is 57.8 Å². The highest BCUT2D eigenvalue weighted by atomic mass is 16.6. The molecule has 0 aromatic carbocycles. The topological polar surface area (TPSA) is 78.9 Å². The molecule has 1 unspecified atom stereocenters. The first-order valence-electron chi connectivity index (χ1n) is 27.3. The molecule has 0 radical (unpaired) electrons. The third kappa shape index (κ3) is 48.9. The second-order valence-electron chi connectivity index (χ2n) is 18.5. The van der Waals surface area contributed by atoms with E-state index in [-0.39, 0.29) is 31.1 Å². The molecule has 0 bridgehead atoms. The molecule has 0 aromatic rings. The van der Waals surface area contributed by atoms with Crippen LogP contribution in [0.25, 0.3) is 0 Å². The van der Waals surface area contributed by atoms with Crippen molar-refractivity contribution in [3.05, 3.63) is 24.3 Å². The zero-order chi connectivity index (χ0) is 45.1. The minimum absolute atomic E-state index is 0.0707. The fourth-order valence-electron chi connectivity index (χ4n) is 8.02. The third-order valence-electron chi connectivity index (χ3n) is 12.2. The van der Waals surface area contributed by atoms with E-state index in [9.17, 15) is 14.4 Å². The van der Waals surface area contributed by atoms with Gasteiger partial charge in [0.1, 0.15) is 13.2 Å². The first-order valence-corrected chi connectivity index (χ1v) is 27.3. The van der Waals surface area contributed by atoms with Gasteiger partial charge in [0.05, 0.1) is 0 Å². The van der Waals surface area contributed by atoms with Crippen LogP contribution in [0.1, 0.15) is 297 Å². The fourth-order valence-corrected chi connectivity index (χ4v) is 8.02. The lowest BCUT2D eigenvalue weighted by Gasteiger charge is -2.18. The van der Waals surface area contributed by atoms with Gasteiger partial charge in [-0.25, -0.2) is 0 Å². The van der Waals surface area contributed by atoms with Crippen molar-refractivity contribution in [1.29, 1.82) is 0 Å². The number of hydrogen-bond donors (Lipinski definition) is 0. The number of allylic oxidation sites excluding steroid dienone is 4. The number of carbonyl (C=O) groups excluding carboxylic acids is 3. The molecule has 0 aliphatic rings. The summed E-state index contributed by atoms with van der Waals surface area (Å²) in [4.78, 5) is 38.0. The molecule has 0 saturated carbocycles. The monoisotopic (exact) mass is 873 g/mol. The van der Waals surface area contributed by atoms with Gasteiger partial charge in [0.25, 0.3) is 0 Å². The molecule has 0 spiro atoms. The fraction of sp³-hybridized carbons (Fsp3) is 0.875. The maximum Gasteiger partial charge on any atom is 0.306 e. The van der Waals surface area contributed by atoms with E-state index < -0.39 is 6.10 Å². The average Bonchev–Trinajstić information content (AvgIpc) is 3.27. The molecular weight excluding hydrogens is 769 g/mol. The lowest BCUT2D eigenvalue weighted by atomic mass is 10.1. The summed E-state index contributed by atoms with van der Waals surface area (Å²) in [6.45, 7) is 6.64. The molecule has 0 saturated heterocycles. The van der Waals surface area contributed by atoms with E-state index >= 15 is 0 Å². The van der Waals surface area contributed by atoms with Crippen LogP contribution in [0.4, 0.5) is 0 Å². The van der Waals surface area contributed by atoms with Crippen LogP contribution < -0.4 is 0 Å². The normalized spacial score (nSPS) is 12.1. The first-order chi connectivity index (χ1) is 30.5. The Balaban J connectivity index is 4.29. The van der Waals surface area contributed by atoms with Crippen molar-refractivity contribution >= 4 is 17.9 Å². The van der Waals surface area contributed by atoms with E-state index in [4.69, 9.17) is 14.2 Å². The predicted octanol–water partition coefficient (Wildman–Crippen LogP) is 17.9. The second kappa shape index (κ2) is 51.5. The molecule has 6 nitrogen and oxygen atoms in total. The van der Waals surface area contributed by atoms with Gasteiger partial charge in [-0.1, -0.05) is 231 Å². The number of esters is 3. The van der Waals surface area contributed by atoms with Crippen LogP contribution in [-0.4, -0.2) is 37.2 Å². The molecule has 62 heavy (non-hydrogen) atoms. The van der Waals surface area contributed by atoms with Crippen LogP contribution in [-0.2, 0) is 28.6 Å². The van der Waals surface area contributed by atoms with Crippen LogP contribution in [0.2, 0.25) is 0 Å². The Morgan fingerprint density at radius 1 is 0.306 bits per heavy atom. The molecular formula is C56H104O6. The summed E-state index contributed by atoms with van der Waals surface area (Å²) in [5.74, 6) is -0.867. The van der Waals surface area contributed by atoms with Gasteiger partial charge in [-0.15, -0.1) is 0 Å². The van der Waals surface area contributed by atoms with E-state index in [1.165, 1.54) is 199 Å². The molecule has 6 heteroatoms. The van der Waals surface area contributed by atoms with Crippen LogP contribution in [0.15, 0.2) is 24.3 Å². The summed E-state index contributed by atoms with van der Waals surface area (Å²) in [5.41, 5.74) is 0. The zero-order valence-electron chi connectivity index (χ0n) is 41.7. The highest BCUT2D eigenvalue weighted by Gasteiger charge is 2.19. The summed E-state index contributed by atoms with van der Waals surface area (Å²) in [7, 11) is 0. The Hall–Kier alpha value is -2.11. The summed E-state index contributed by atoms with van der Waals surface area (Å²) in [6.07, 6.45) is 58.8. The molecule has 0 amide bonds. The van der Waals surface area contributed by atoms with Gasteiger partial charge in [0.2, 0.25) is 0 Å². The van der Waals surface area contributed by atoms with Crippen molar-refractivity contribution in [3.8, 4) is 0 Å². The minimum atomic E-state index is -0.770. The van der Waals surface area contributed by atoms with Gasteiger partial charge in [0.15, 0.2) is 6.10 Å². The molecule has 0 rings (SSSR count). The average molecular weight is 873 g/mol. The van der Waals surface area contributed by atoms with Gasteiger partial charge in [-0.05, 0) is 70.6 Å². The Bertz CT molecular complexity index is 1000. The minimum Gasteiger partial charge on any atom is -0.462 e. The molecule has 0 N–H and O–H groups in total. The molecule has 0 fully saturated rings. The van der Waals surface area contributed by atoms with E-state index in [1.807, 2.05) is 0 Å². The highest BCUT2D eigenvalue weighted by Crippen LogP contribution is 2.16. The molecule has 0 heterocycles. The molecule has 1 atom stereocenters. The predicted molar refractivity (Wildman–Crippen MR) is 266 cm³/mol. The summed E-state index contributed by atoms with van der Waals surface area (Å²) >= 11 is 0. The zero-order valence-corrected chi connectivity index (χ0v) is 41.7. The smallest absolute Gasteiger partial charge is 0.306 e. The van der Waals surface area contributed by atoms with Crippen molar-refractivity contribution < 1.29 is 28.6 Å². The lowest BCUT2D eigenvalue weighted by Crippen LogP contribution is -2.30. The third-order valence-corrected chi connectivity index (χ3v) is 12.2. The van der Waals surface area contributed by atoms with Crippen molar-refractivity contribution in [1.82, 2.24) is 0 Å². The SMILES string of the molecule is CCCCCC/C=C\CCCCCCCCCC(=O)OC(COC(=O)CCCCCCCCC/C=C\CCCCCCCCCC)COC(=O)CCCCCCCCCCCC. The Labute approximate surface area is 385 Å². The maximum atomic E-state index is 12.8. The Kier molecular flexibility index (Phi) is 49.8. The maximum absolute atomic E-state index is 12.8. The molecule has 0 aliphatic carbocycles. The molecule has 0 aliphatic heterocycles. The number of carbonyl (C=O) groups is 3. The second-order valence-corrected chi connectivity index (χ2v) is 18.5. The first kappa shape index (κ1) is 59.9. The van der Waals surface area contributed by atoms with Crippen molar-refractivity contribution in [2.75, 3.05) is 13.2 Å². The van der Waals surface area contributed by atoms with Crippen molar-refractivity contribution in [2.45, 2.75) is 303 Å². The van der Waals surface area contributed by atoms with Crippen LogP contribution in [0, 0.1) is 0 Å². The standard InChI is InChI=1S/C56H104O6/c1-4-7-10-13-16-19-22-24-26-27-28-29-31-32-34-37-40-43-46-49-55(58)61-52-53(51-60-54(57)48-45-42-39-36-21-18-15-12-9-6-3)62-56(59)50-47-44-41-38-35-33-30-25-23-20-17-14-11-8-5-2/h20,23,27-28,53H,4-19,21-22,24-26,29-52H2,1-3H3/b23-20-,28-27-. The van der Waals surface area contributed by atoms with E-state index in [2.05, 4.69) is 45.1 Å². The van der Waals surface area contributed by atoms with Crippen LogP contribution in [0.3, 0.4) is 0 Å². The largest absolute Gasteiger partial charge is 0.462 e. The number of ether oxygens (including phenoxy) is 3. The summed E-state index contributed by atoms with van der Waals surface area (Å²) < 4.78 is 16.8. The van der Waals surface area contributed by atoms with Gasteiger partial charge >= 0.3 is 17.9 Å². The van der Waals surface area contributed by atoms with E-state index in [1.54, 1.807) is 0 Å². The number of hydrogen-bond acceptors (Lipinski definition) is 6. The Morgan fingerprint density at radius 3 is 0.823 bits per heavy atom. The van der Waals surface area contributed by atoms with Crippen molar-refractivity contribution in [2.24, 2.45) is 0 Å². The molecule has 0 aromatic heterocycles. The molecule has 364 valence electrons. The lowest BCUT2D eigenvalue weighted by molar-refractivity contribution is -0.167. The van der Waals surface area contributed by atoms with Gasteiger partial charge in [0, 0.05) is 19.3 Å². The van der Waals surface area contributed by atoms with Gasteiger partial charge in [-0.2, -0.15) is 0 Å². The Morgan fingerprint density at radius 2 is 0.532 bits per heavy atom. The number of rotatable bonds is 50. The number of unbranched alkanes of at least 4 members (excludes halogenated alkanes) is 35. The summed E-state index contributed by atoms with van der Waals surface area (Å²) in [5, 5.41) is 0. The van der Waals surface area contributed by atoms with Crippen LogP contribution >= 0.6 is 0 Å². The van der Waals surface area contributed by atoms with Crippen LogP contribution in [0.5, 0.6) is 0 Å². The highest BCUT2D eigenvalue weighted by molar-refractivity contribution is 5.71. The van der Waals surface area contributed by atoms with E-state index in [0.29, 0.717) is 19.3 Å². The van der Waals surface area contributed by atoms with Crippen molar-refractivity contribution in [3.63, 3.8) is 0 Å².